The van der Waals surface area contributed by atoms with Crippen LogP contribution in [0.1, 0.15) is 47.4 Å². The van der Waals surface area contributed by atoms with Crippen molar-refractivity contribution in [1.29, 1.82) is 0 Å². The molecule has 1 aliphatic heterocycles. The highest BCUT2D eigenvalue weighted by Gasteiger charge is 2.27. The van der Waals surface area contributed by atoms with E-state index in [1.807, 2.05) is 23.2 Å². The number of piperazine rings is 1. The van der Waals surface area contributed by atoms with Crippen molar-refractivity contribution < 1.29 is 4.79 Å². The van der Waals surface area contributed by atoms with Gasteiger partial charge in [0.1, 0.15) is 5.69 Å². The van der Waals surface area contributed by atoms with Gasteiger partial charge >= 0.3 is 0 Å². The number of amides is 1. The molecule has 0 bridgehead atoms. The fourth-order valence-corrected chi connectivity index (χ4v) is 4.92. The monoisotopic (exact) mass is 523 g/mol. The third-order valence-electron chi connectivity index (χ3n) is 6.54. The number of aromatic nitrogens is 4. The van der Waals surface area contributed by atoms with Crippen LogP contribution >= 0.6 is 23.2 Å². The highest BCUT2D eigenvalue weighted by molar-refractivity contribution is 6.37. The lowest BCUT2D eigenvalue weighted by atomic mass is 9.97. The van der Waals surface area contributed by atoms with Crippen LogP contribution in [0.4, 0.5) is 5.82 Å². The quantitative estimate of drug-likeness (QED) is 0.418. The first kappa shape index (κ1) is 24.7. The molecule has 10 heteroatoms. The molecule has 5 rings (SSSR count). The molecule has 1 atom stereocenters. The minimum Gasteiger partial charge on any atom is -0.335 e. The van der Waals surface area contributed by atoms with Gasteiger partial charge in [-0.25, -0.2) is 15.0 Å². The second kappa shape index (κ2) is 11.0. The number of halogens is 2. The van der Waals surface area contributed by atoms with E-state index < -0.39 is 0 Å². The molecule has 2 aromatic heterocycles. The van der Waals surface area contributed by atoms with Gasteiger partial charge in [0.2, 0.25) is 0 Å². The minimum absolute atomic E-state index is 0.0517. The Labute approximate surface area is 220 Å². The maximum atomic E-state index is 12.7. The third kappa shape index (κ3) is 5.88. The van der Waals surface area contributed by atoms with Crippen LogP contribution in [-0.4, -0.2) is 74.1 Å². The molecule has 1 aliphatic carbocycles. The van der Waals surface area contributed by atoms with E-state index in [9.17, 15) is 4.79 Å². The molecule has 1 saturated carbocycles. The van der Waals surface area contributed by atoms with Crippen LogP contribution in [0.25, 0.3) is 0 Å². The molecule has 2 fully saturated rings. The van der Waals surface area contributed by atoms with Gasteiger partial charge in [-0.3, -0.25) is 19.7 Å². The van der Waals surface area contributed by atoms with Crippen molar-refractivity contribution in [3.05, 3.63) is 76.2 Å². The Morgan fingerprint density at radius 3 is 2.50 bits per heavy atom. The normalized spacial score (nSPS) is 17.8. The lowest BCUT2D eigenvalue weighted by Gasteiger charge is -2.36. The molecule has 0 spiro atoms. The molecule has 3 aromatic rings. The predicted octanol–water partition coefficient (Wildman–Crippen LogP) is 4.67. The number of carbonyl (C=O) groups excluding carboxylic acids is 1. The summed E-state index contributed by atoms with van der Waals surface area (Å²) in [5.74, 6) is 1.07. The van der Waals surface area contributed by atoms with Gasteiger partial charge in [0.05, 0.1) is 35.0 Å². The van der Waals surface area contributed by atoms with Crippen LogP contribution < -0.4 is 0 Å². The lowest BCUT2D eigenvalue weighted by Crippen LogP contribution is -2.50. The molecule has 0 N–H and O–H groups in total. The summed E-state index contributed by atoms with van der Waals surface area (Å²) in [6, 6.07) is 5.46. The molecule has 1 amide bonds. The highest BCUT2D eigenvalue weighted by Crippen LogP contribution is 2.38. The summed E-state index contributed by atoms with van der Waals surface area (Å²) >= 11 is 12.8. The summed E-state index contributed by atoms with van der Waals surface area (Å²) in [7, 11) is 0. The second-order valence-electron chi connectivity index (χ2n) is 9.28. The Hall–Kier alpha value is -2.94. The Morgan fingerprint density at radius 2 is 1.86 bits per heavy atom. The zero-order chi connectivity index (χ0) is 25.1. The number of aliphatic imine (C=N–C) groups is 1. The molecular weight excluding hydrogens is 497 g/mol. The molecule has 8 nitrogen and oxygen atoms in total. The first-order valence-electron chi connectivity index (χ1n) is 12.1. The molecule has 36 heavy (non-hydrogen) atoms. The van der Waals surface area contributed by atoms with Gasteiger partial charge in [0.25, 0.3) is 5.91 Å². The number of benzene rings is 1. The Morgan fingerprint density at radius 1 is 1.06 bits per heavy atom. The predicted molar refractivity (Wildman–Crippen MR) is 140 cm³/mol. The van der Waals surface area contributed by atoms with Gasteiger partial charge in [-0.1, -0.05) is 36.2 Å². The second-order valence-corrected chi connectivity index (χ2v) is 10.1. The molecule has 1 aromatic carbocycles. The Bertz CT molecular complexity index is 1240. The zero-order valence-electron chi connectivity index (χ0n) is 20.0. The van der Waals surface area contributed by atoms with Gasteiger partial charge in [0, 0.05) is 67.5 Å². The van der Waals surface area contributed by atoms with Crippen molar-refractivity contribution in [2.24, 2.45) is 10.9 Å². The van der Waals surface area contributed by atoms with Gasteiger partial charge in [-0.05, 0) is 25.0 Å². The van der Waals surface area contributed by atoms with Gasteiger partial charge in [-0.2, -0.15) is 0 Å². The van der Waals surface area contributed by atoms with Crippen molar-refractivity contribution in [2.75, 3.05) is 32.7 Å². The molecule has 186 valence electrons. The molecule has 1 unspecified atom stereocenters. The number of hydrogen-bond donors (Lipinski definition) is 0. The SMILES string of the molecule is CC(CN1CCN(C(=O)c2cnccn2)CC1)C(=Nc1cnc(C2CC2)cn1)c1ccc(Cl)cc1Cl. The summed E-state index contributed by atoms with van der Waals surface area (Å²) in [6.07, 6.45) is 10.5. The summed E-state index contributed by atoms with van der Waals surface area (Å²) < 4.78 is 0. The van der Waals surface area contributed by atoms with E-state index in [1.165, 1.54) is 25.2 Å². The van der Waals surface area contributed by atoms with Crippen molar-refractivity contribution >= 4 is 40.6 Å². The van der Waals surface area contributed by atoms with E-state index in [4.69, 9.17) is 28.2 Å². The third-order valence-corrected chi connectivity index (χ3v) is 7.08. The topological polar surface area (TPSA) is 87.5 Å². The number of hydrogen-bond acceptors (Lipinski definition) is 7. The summed E-state index contributed by atoms with van der Waals surface area (Å²) in [4.78, 5) is 39.0. The van der Waals surface area contributed by atoms with Crippen molar-refractivity contribution in [3.63, 3.8) is 0 Å². The average Bonchev–Trinajstić information content (AvgIpc) is 3.74. The van der Waals surface area contributed by atoms with E-state index in [0.717, 1.165) is 36.6 Å². The van der Waals surface area contributed by atoms with Gasteiger partial charge in [-0.15, -0.1) is 0 Å². The van der Waals surface area contributed by atoms with Crippen LogP contribution in [0.3, 0.4) is 0 Å². The van der Waals surface area contributed by atoms with Crippen molar-refractivity contribution in [2.45, 2.75) is 25.7 Å². The summed E-state index contributed by atoms with van der Waals surface area (Å²) in [6.45, 7) is 5.67. The molecule has 1 saturated heterocycles. The molecular formula is C26H27Cl2N7O. The van der Waals surface area contributed by atoms with Crippen LogP contribution in [0.2, 0.25) is 10.0 Å². The first-order valence-corrected chi connectivity index (χ1v) is 12.9. The maximum absolute atomic E-state index is 12.7. The fourth-order valence-electron chi connectivity index (χ4n) is 4.41. The van der Waals surface area contributed by atoms with Gasteiger partial charge in [0.15, 0.2) is 5.82 Å². The van der Waals surface area contributed by atoms with E-state index in [1.54, 1.807) is 18.5 Å². The fraction of sp³-hybridized carbons (Fsp3) is 0.385. The van der Waals surface area contributed by atoms with E-state index in [0.29, 0.717) is 40.6 Å². The number of rotatable bonds is 7. The van der Waals surface area contributed by atoms with Crippen molar-refractivity contribution in [1.82, 2.24) is 29.7 Å². The van der Waals surface area contributed by atoms with Crippen LogP contribution in [0.15, 0.2) is 54.2 Å². The maximum Gasteiger partial charge on any atom is 0.274 e. The molecule has 3 heterocycles. The Balaban J connectivity index is 1.30. The lowest BCUT2D eigenvalue weighted by molar-refractivity contribution is 0.0624. The van der Waals surface area contributed by atoms with Gasteiger partial charge < -0.3 is 4.90 Å². The largest absolute Gasteiger partial charge is 0.335 e. The number of nitrogens with zero attached hydrogens (tertiary/aromatic N) is 7. The van der Waals surface area contributed by atoms with Crippen molar-refractivity contribution in [3.8, 4) is 0 Å². The summed E-state index contributed by atoms with van der Waals surface area (Å²) in [5.41, 5.74) is 3.07. The first-order chi connectivity index (χ1) is 17.5. The number of carbonyl (C=O) groups is 1. The molecule has 0 radical (unpaired) electrons. The molecule has 2 aliphatic rings. The van der Waals surface area contributed by atoms with E-state index in [-0.39, 0.29) is 11.8 Å². The minimum atomic E-state index is -0.0841. The van der Waals surface area contributed by atoms with E-state index >= 15 is 0 Å². The van der Waals surface area contributed by atoms with Crippen LogP contribution in [-0.2, 0) is 0 Å². The standard InChI is InChI=1S/C26H27Cl2N7O/c1-17(16-34-8-10-35(11-9-34)26(36)23-13-29-6-7-30-23)25(20-5-4-19(27)12-21(20)28)33-24-15-31-22(14-32-24)18-2-3-18/h4-7,12-15,17-18H,2-3,8-11,16H2,1H3. The zero-order valence-corrected chi connectivity index (χ0v) is 21.5. The highest BCUT2D eigenvalue weighted by atomic mass is 35.5. The van der Waals surface area contributed by atoms with Crippen LogP contribution in [0, 0.1) is 5.92 Å². The van der Waals surface area contributed by atoms with E-state index in [2.05, 4.69) is 31.8 Å². The summed E-state index contributed by atoms with van der Waals surface area (Å²) in [5, 5.41) is 1.13. The average molecular weight is 524 g/mol. The smallest absolute Gasteiger partial charge is 0.274 e. The Kier molecular flexibility index (Phi) is 7.55. The van der Waals surface area contributed by atoms with Crippen LogP contribution in [0.5, 0.6) is 0 Å².